The summed E-state index contributed by atoms with van der Waals surface area (Å²) in [5.41, 5.74) is 1.35. The second-order valence-electron chi connectivity index (χ2n) is 8.08. The molecule has 36 heavy (non-hydrogen) atoms. The fourth-order valence-electron chi connectivity index (χ4n) is 3.68. The third-order valence-corrected chi connectivity index (χ3v) is 5.57. The Morgan fingerprint density at radius 1 is 1.11 bits per heavy atom. The van der Waals surface area contributed by atoms with Crippen LogP contribution in [0.4, 0.5) is 34.9 Å². The quantitative estimate of drug-likeness (QED) is 0.351. The summed E-state index contributed by atoms with van der Waals surface area (Å²) in [4.78, 5) is 24.7. The molecule has 194 valence electrons. The van der Waals surface area contributed by atoms with Crippen molar-refractivity contribution in [3.63, 3.8) is 0 Å². The highest BCUT2D eigenvalue weighted by atomic mass is 35.5. The molecule has 2 aromatic heterocycles. The molecule has 0 atom stereocenters. The summed E-state index contributed by atoms with van der Waals surface area (Å²) in [6, 6.07) is 8.69. The molecule has 9 nitrogen and oxygen atoms in total. The zero-order valence-electron chi connectivity index (χ0n) is 18.9. The van der Waals surface area contributed by atoms with Crippen molar-refractivity contribution < 1.29 is 32.3 Å². The second kappa shape index (κ2) is 11.4. The molecule has 1 amide bonds. The molecule has 1 fully saturated rings. The molecule has 0 saturated heterocycles. The number of rotatable bonds is 5. The molecule has 0 radical (unpaired) electrons. The maximum absolute atomic E-state index is 13.4. The summed E-state index contributed by atoms with van der Waals surface area (Å²) in [6.45, 7) is 1.55. The van der Waals surface area contributed by atoms with Gasteiger partial charge in [-0.15, -0.1) is 0 Å². The van der Waals surface area contributed by atoms with Gasteiger partial charge in [0.25, 0.3) is 0 Å². The van der Waals surface area contributed by atoms with Crippen molar-refractivity contribution in [2.24, 2.45) is 0 Å². The third-order valence-electron chi connectivity index (χ3n) is 5.28. The van der Waals surface area contributed by atoms with Gasteiger partial charge in [-0.3, -0.25) is 4.79 Å². The average Bonchev–Trinajstić information content (AvgIpc) is 3.26. The van der Waals surface area contributed by atoms with E-state index in [2.05, 4.69) is 26.0 Å². The van der Waals surface area contributed by atoms with Gasteiger partial charge in [0.15, 0.2) is 5.65 Å². The van der Waals surface area contributed by atoms with E-state index in [0.717, 1.165) is 31.5 Å². The Kier molecular flexibility index (Phi) is 8.56. The van der Waals surface area contributed by atoms with Crippen LogP contribution in [0.1, 0.15) is 32.6 Å². The first-order chi connectivity index (χ1) is 16.9. The number of carbonyl (C=O) groups is 2. The van der Waals surface area contributed by atoms with E-state index in [4.69, 9.17) is 21.5 Å². The average molecular weight is 531 g/mol. The molecule has 1 saturated carbocycles. The lowest BCUT2D eigenvalue weighted by Gasteiger charge is -2.29. The second-order valence-corrected chi connectivity index (χ2v) is 8.49. The summed E-state index contributed by atoms with van der Waals surface area (Å²) in [6.07, 6.45) is 0.366. The fourth-order valence-corrected chi connectivity index (χ4v) is 3.86. The van der Waals surface area contributed by atoms with E-state index in [9.17, 15) is 22.4 Å². The number of carboxylic acids is 1. The highest BCUT2D eigenvalue weighted by molar-refractivity contribution is 6.31. The largest absolute Gasteiger partial charge is 0.490 e. The van der Waals surface area contributed by atoms with Gasteiger partial charge in [0.1, 0.15) is 17.5 Å². The summed E-state index contributed by atoms with van der Waals surface area (Å²) in [7, 11) is 0. The number of aliphatic carboxylic acids is 1. The van der Waals surface area contributed by atoms with Crippen molar-refractivity contribution >= 4 is 46.4 Å². The summed E-state index contributed by atoms with van der Waals surface area (Å²) in [5.74, 6) is -1.78. The van der Waals surface area contributed by atoms with Crippen molar-refractivity contribution in [1.82, 2.24) is 19.9 Å². The molecule has 1 aromatic carbocycles. The number of anilines is 3. The van der Waals surface area contributed by atoms with Crippen LogP contribution in [0.5, 0.6) is 0 Å². The minimum Gasteiger partial charge on any atom is -0.475 e. The third kappa shape index (κ3) is 7.44. The van der Waals surface area contributed by atoms with Gasteiger partial charge in [-0.25, -0.2) is 14.2 Å². The SMILES string of the molecule is CC(=O)NC1CCC(Nc2cc(Nc3ccc(F)c(Cl)c3)n3nccc3n2)CC1.O=C(O)C(F)(F)F. The molecule has 4 rings (SSSR count). The molecule has 0 spiro atoms. The number of alkyl halides is 3. The van der Waals surface area contributed by atoms with Crippen molar-refractivity contribution in [2.45, 2.75) is 50.9 Å². The first-order valence-corrected chi connectivity index (χ1v) is 11.2. The Labute approximate surface area is 207 Å². The van der Waals surface area contributed by atoms with E-state index in [1.807, 2.05) is 12.1 Å². The Morgan fingerprint density at radius 3 is 2.33 bits per heavy atom. The van der Waals surface area contributed by atoms with E-state index in [1.54, 1.807) is 23.7 Å². The first kappa shape index (κ1) is 27.0. The predicted molar refractivity (Wildman–Crippen MR) is 125 cm³/mol. The smallest absolute Gasteiger partial charge is 0.475 e. The van der Waals surface area contributed by atoms with Gasteiger partial charge in [-0.1, -0.05) is 11.6 Å². The number of amides is 1. The van der Waals surface area contributed by atoms with E-state index >= 15 is 0 Å². The Morgan fingerprint density at radius 2 is 1.75 bits per heavy atom. The van der Waals surface area contributed by atoms with Crippen LogP contribution < -0.4 is 16.0 Å². The standard InChI is InChI=1S/C20H22ClFN6O.C2HF3O2/c1-12(29)24-13-2-4-14(5-3-13)25-18-11-20(28-19(27-18)8-9-23-28)26-15-6-7-17(22)16(21)10-15;3-2(4,5)1(6)7/h6-11,13-14,26H,2-5H2,1H3,(H,24,29)(H,25,27);(H,6,7). The molecule has 2 heterocycles. The van der Waals surface area contributed by atoms with Gasteiger partial charge in [0.2, 0.25) is 5.91 Å². The number of aromatic nitrogens is 3. The van der Waals surface area contributed by atoms with Crippen molar-refractivity contribution in [1.29, 1.82) is 0 Å². The van der Waals surface area contributed by atoms with Gasteiger partial charge in [-0.2, -0.15) is 22.8 Å². The number of carbonyl (C=O) groups excluding carboxylic acids is 1. The van der Waals surface area contributed by atoms with E-state index in [0.29, 0.717) is 17.2 Å². The number of hydrogen-bond donors (Lipinski definition) is 4. The highest BCUT2D eigenvalue weighted by Crippen LogP contribution is 2.26. The highest BCUT2D eigenvalue weighted by Gasteiger charge is 2.38. The van der Waals surface area contributed by atoms with Gasteiger partial charge < -0.3 is 21.1 Å². The van der Waals surface area contributed by atoms with Crippen LogP contribution in [-0.4, -0.2) is 49.8 Å². The van der Waals surface area contributed by atoms with Crippen LogP contribution in [0.15, 0.2) is 36.5 Å². The van der Waals surface area contributed by atoms with E-state index < -0.39 is 18.0 Å². The zero-order valence-corrected chi connectivity index (χ0v) is 19.7. The van der Waals surface area contributed by atoms with E-state index in [1.165, 1.54) is 12.1 Å². The van der Waals surface area contributed by atoms with E-state index in [-0.39, 0.29) is 23.0 Å². The lowest BCUT2D eigenvalue weighted by molar-refractivity contribution is -0.192. The van der Waals surface area contributed by atoms with Crippen LogP contribution in [0.2, 0.25) is 5.02 Å². The van der Waals surface area contributed by atoms with Crippen LogP contribution in [-0.2, 0) is 9.59 Å². The Balaban J connectivity index is 0.000000454. The molecule has 0 unspecified atom stereocenters. The van der Waals surface area contributed by atoms with Crippen molar-refractivity contribution in [3.8, 4) is 0 Å². The Hall–Kier alpha value is -3.61. The van der Waals surface area contributed by atoms with Gasteiger partial charge in [-0.05, 0) is 43.9 Å². The topological polar surface area (TPSA) is 121 Å². The van der Waals surface area contributed by atoms with Gasteiger partial charge in [0, 0.05) is 36.8 Å². The number of halogens is 5. The molecule has 3 aromatic rings. The number of fused-ring (bicyclic) bond motifs is 1. The molecule has 0 aliphatic heterocycles. The Bertz CT molecular complexity index is 1230. The minimum atomic E-state index is -5.08. The molecule has 1 aliphatic rings. The number of nitrogens with zero attached hydrogens (tertiary/aromatic N) is 3. The van der Waals surface area contributed by atoms with Crippen molar-refractivity contribution in [3.05, 3.63) is 47.4 Å². The van der Waals surface area contributed by atoms with Crippen LogP contribution in [0, 0.1) is 5.82 Å². The number of nitrogens with one attached hydrogen (secondary N) is 3. The van der Waals surface area contributed by atoms with Gasteiger partial charge in [0.05, 0.1) is 11.2 Å². The lowest BCUT2D eigenvalue weighted by Crippen LogP contribution is -2.39. The maximum atomic E-state index is 13.4. The molecule has 4 N–H and O–H groups in total. The maximum Gasteiger partial charge on any atom is 0.490 e. The van der Waals surface area contributed by atoms with Crippen LogP contribution in [0.3, 0.4) is 0 Å². The molecular weight excluding hydrogens is 508 g/mol. The number of carboxylic acid groups (broad SMARTS) is 1. The summed E-state index contributed by atoms with van der Waals surface area (Å²) in [5, 5.41) is 21.2. The molecule has 0 bridgehead atoms. The fraction of sp³-hybridized carbons (Fsp3) is 0.364. The number of benzene rings is 1. The zero-order chi connectivity index (χ0) is 26.5. The molecular formula is C22H23ClF4N6O3. The van der Waals surface area contributed by atoms with Crippen LogP contribution >= 0.6 is 11.6 Å². The lowest BCUT2D eigenvalue weighted by atomic mass is 9.91. The molecule has 1 aliphatic carbocycles. The first-order valence-electron chi connectivity index (χ1n) is 10.8. The number of hydrogen-bond acceptors (Lipinski definition) is 6. The predicted octanol–water partition coefficient (Wildman–Crippen LogP) is 4.76. The van der Waals surface area contributed by atoms with Gasteiger partial charge >= 0.3 is 12.1 Å². The summed E-state index contributed by atoms with van der Waals surface area (Å²) < 4.78 is 46.9. The molecule has 14 heteroatoms. The monoisotopic (exact) mass is 530 g/mol. The van der Waals surface area contributed by atoms with Crippen LogP contribution in [0.25, 0.3) is 5.65 Å². The van der Waals surface area contributed by atoms with Crippen molar-refractivity contribution in [2.75, 3.05) is 10.6 Å². The normalized spacial score (nSPS) is 17.6. The minimum absolute atomic E-state index is 0.0193. The summed E-state index contributed by atoms with van der Waals surface area (Å²) >= 11 is 5.89.